The van der Waals surface area contributed by atoms with Crippen molar-refractivity contribution in [3.8, 4) is 0 Å². The Morgan fingerprint density at radius 2 is 2.04 bits per heavy atom. The fraction of sp³-hybridized carbons (Fsp3) is 0.688. The highest BCUT2D eigenvalue weighted by Crippen LogP contribution is 2.32. The van der Waals surface area contributed by atoms with Crippen molar-refractivity contribution in [2.45, 2.75) is 51.5 Å². The molecule has 0 bridgehead atoms. The second-order valence-corrected chi connectivity index (χ2v) is 7.84. The molecule has 1 aliphatic rings. The van der Waals surface area contributed by atoms with Crippen molar-refractivity contribution in [3.63, 3.8) is 0 Å². The first-order chi connectivity index (χ1) is 11.0. The zero-order chi connectivity index (χ0) is 16.4. The standard InChI is InChI=1S/C16H25N5OS/c1-16(2,3)14-18-15(23-19-14)20-8-5-12(6-9-20)13-4-7-17-21(13)10-11-22/h4,7,12,22H,5-6,8-11H2,1-3H3. The predicted molar refractivity (Wildman–Crippen MR) is 92.1 cm³/mol. The van der Waals surface area contributed by atoms with Crippen LogP contribution in [0.2, 0.25) is 0 Å². The van der Waals surface area contributed by atoms with Gasteiger partial charge >= 0.3 is 0 Å². The molecule has 0 unspecified atom stereocenters. The Hall–Kier alpha value is -1.47. The van der Waals surface area contributed by atoms with Crippen molar-refractivity contribution in [2.24, 2.45) is 0 Å². The molecule has 126 valence electrons. The normalized spacial score (nSPS) is 17.0. The number of nitrogens with zero attached hydrogens (tertiary/aromatic N) is 5. The maximum Gasteiger partial charge on any atom is 0.205 e. The van der Waals surface area contributed by atoms with Gasteiger partial charge in [0.15, 0.2) is 0 Å². The van der Waals surface area contributed by atoms with Crippen LogP contribution in [0.1, 0.15) is 51.0 Å². The molecule has 0 aromatic carbocycles. The lowest BCUT2D eigenvalue weighted by atomic mass is 9.93. The summed E-state index contributed by atoms with van der Waals surface area (Å²) in [6.45, 7) is 9.14. The van der Waals surface area contributed by atoms with E-state index in [1.807, 2.05) is 10.9 Å². The highest BCUT2D eigenvalue weighted by Gasteiger charge is 2.26. The summed E-state index contributed by atoms with van der Waals surface area (Å²) in [5.74, 6) is 1.44. The van der Waals surface area contributed by atoms with Gasteiger partial charge in [0.05, 0.1) is 13.2 Å². The van der Waals surface area contributed by atoms with Gasteiger partial charge in [0.1, 0.15) is 5.82 Å². The summed E-state index contributed by atoms with van der Waals surface area (Å²) in [6.07, 6.45) is 4.00. The van der Waals surface area contributed by atoms with Crippen LogP contribution >= 0.6 is 11.5 Å². The van der Waals surface area contributed by atoms with Gasteiger partial charge in [-0.05, 0) is 18.9 Å². The van der Waals surface area contributed by atoms with Gasteiger partial charge in [0.25, 0.3) is 0 Å². The Labute approximate surface area is 141 Å². The SMILES string of the molecule is CC(C)(C)c1nsc(N2CCC(c3ccnn3CCO)CC2)n1. The first-order valence-corrected chi connectivity index (χ1v) is 8.98. The quantitative estimate of drug-likeness (QED) is 0.929. The maximum absolute atomic E-state index is 9.14. The van der Waals surface area contributed by atoms with Crippen LogP contribution in [-0.4, -0.2) is 43.9 Å². The lowest BCUT2D eigenvalue weighted by Crippen LogP contribution is -2.33. The average molecular weight is 335 g/mol. The van der Waals surface area contributed by atoms with E-state index in [1.165, 1.54) is 17.2 Å². The number of piperidine rings is 1. The van der Waals surface area contributed by atoms with Crippen molar-refractivity contribution < 1.29 is 5.11 Å². The van der Waals surface area contributed by atoms with Gasteiger partial charge in [-0.3, -0.25) is 4.68 Å². The van der Waals surface area contributed by atoms with E-state index >= 15 is 0 Å². The summed E-state index contributed by atoms with van der Waals surface area (Å²) >= 11 is 1.51. The molecule has 1 N–H and O–H groups in total. The van der Waals surface area contributed by atoms with E-state index in [0.717, 1.165) is 36.9 Å². The minimum Gasteiger partial charge on any atom is -0.394 e. The van der Waals surface area contributed by atoms with Crippen molar-refractivity contribution in [2.75, 3.05) is 24.6 Å². The number of aliphatic hydroxyl groups is 1. The van der Waals surface area contributed by atoms with Gasteiger partial charge in [-0.2, -0.15) is 9.47 Å². The second-order valence-electron chi connectivity index (χ2n) is 7.11. The van der Waals surface area contributed by atoms with Crippen LogP contribution < -0.4 is 4.90 Å². The Bertz CT molecular complexity index is 637. The number of aromatic nitrogens is 4. The zero-order valence-electron chi connectivity index (χ0n) is 14.1. The molecule has 2 aromatic heterocycles. The van der Waals surface area contributed by atoms with Gasteiger partial charge in [-0.15, -0.1) is 0 Å². The van der Waals surface area contributed by atoms with Gasteiger partial charge in [0, 0.05) is 47.8 Å². The largest absolute Gasteiger partial charge is 0.394 e. The third-order valence-electron chi connectivity index (χ3n) is 4.33. The van der Waals surface area contributed by atoms with E-state index in [2.05, 4.69) is 41.2 Å². The molecule has 3 rings (SSSR count). The Morgan fingerprint density at radius 1 is 1.30 bits per heavy atom. The second kappa shape index (κ2) is 6.57. The number of hydrogen-bond acceptors (Lipinski definition) is 6. The minimum atomic E-state index is 0.00384. The molecule has 1 aliphatic heterocycles. The van der Waals surface area contributed by atoms with Crippen molar-refractivity contribution in [3.05, 3.63) is 23.8 Å². The van der Waals surface area contributed by atoms with Gasteiger partial charge in [0.2, 0.25) is 5.13 Å². The monoisotopic (exact) mass is 335 g/mol. The summed E-state index contributed by atoms with van der Waals surface area (Å²) in [5.41, 5.74) is 1.25. The number of anilines is 1. The molecule has 0 spiro atoms. The average Bonchev–Trinajstić information content (AvgIpc) is 3.16. The molecule has 0 atom stereocenters. The highest BCUT2D eigenvalue weighted by molar-refractivity contribution is 7.09. The molecule has 1 fully saturated rings. The molecule has 7 heteroatoms. The van der Waals surface area contributed by atoms with E-state index in [1.54, 1.807) is 0 Å². The molecule has 23 heavy (non-hydrogen) atoms. The summed E-state index contributed by atoms with van der Waals surface area (Å²) in [7, 11) is 0. The first-order valence-electron chi connectivity index (χ1n) is 8.21. The maximum atomic E-state index is 9.14. The van der Waals surface area contributed by atoms with E-state index in [9.17, 15) is 0 Å². The number of rotatable bonds is 4. The third-order valence-corrected chi connectivity index (χ3v) is 5.11. The molecule has 6 nitrogen and oxygen atoms in total. The first kappa shape index (κ1) is 16.4. The molecule has 3 heterocycles. The van der Waals surface area contributed by atoms with Crippen LogP contribution in [-0.2, 0) is 12.0 Å². The van der Waals surface area contributed by atoms with Crippen molar-refractivity contribution >= 4 is 16.7 Å². The number of hydrogen-bond donors (Lipinski definition) is 1. The Morgan fingerprint density at radius 3 is 2.65 bits per heavy atom. The fourth-order valence-electron chi connectivity index (χ4n) is 2.99. The molecule has 0 aliphatic carbocycles. The Kier molecular flexibility index (Phi) is 4.68. The minimum absolute atomic E-state index is 0.00384. The lowest BCUT2D eigenvalue weighted by molar-refractivity contribution is 0.265. The molecular weight excluding hydrogens is 310 g/mol. The van der Waals surface area contributed by atoms with Crippen LogP contribution in [0.3, 0.4) is 0 Å². The van der Waals surface area contributed by atoms with Crippen LogP contribution in [0.15, 0.2) is 12.3 Å². The molecule has 0 radical (unpaired) electrons. The van der Waals surface area contributed by atoms with Gasteiger partial charge in [-0.25, -0.2) is 4.98 Å². The smallest absolute Gasteiger partial charge is 0.205 e. The zero-order valence-corrected chi connectivity index (χ0v) is 14.9. The molecule has 0 amide bonds. The van der Waals surface area contributed by atoms with E-state index < -0.39 is 0 Å². The van der Waals surface area contributed by atoms with Crippen LogP contribution in [0.25, 0.3) is 0 Å². The van der Waals surface area contributed by atoms with Crippen molar-refractivity contribution in [1.82, 2.24) is 19.1 Å². The van der Waals surface area contributed by atoms with E-state index in [-0.39, 0.29) is 12.0 Å². The lowest BCUT2D eigenvalue weighted by Gasteiger charge is -2.31. The van der Waals surface area contributed by atoms with Crippen LogP contribution in [0, 0.1) is 0 Å². The molecule has 0 saturated carbocycles. The number of aliphatic hydroxyl groups excluding tert-OH is 1. The third kappa shape index (κ3) is 3.55. The predicted octanol–water partition coefficient (Wildman–Crippen LogP) is 2.41. The molecule has 1 saturated heterocycles. The fourth-order valence-corrected chi connectivity index (χ4v) is 3.89. The highest BCUT2D eigenvalue weighted by atomic mass is 32.1. The van der Waals surface area contributed by atoms with Crippen LogP contribution in [0.4, 0.5) is 5.13 Å². The van der Waals surface area contributed by atoms with Crippen molar-refractivity contribution in [1.29, 1.82) is 0 Å². The summed E-state index contributed by atoms with van der Waals surface area (Å²) in [5, 5.41) is 14.5. The Balaban J connectivity index is 1.64. The van der Waals surface area contributed by atoms with E-state index in [0.29, 0.717) is 12.5 Å². The topological polar surface area (TPSA) is 67.1 Å². The van der Waals surface area contributed by atoms with Crippen LogP contribution in [0.5, 0.6) is 0 Å². The summed E-state index contributed by atoms with van der Waals surface area (Å²) < 4.78 is 6.45. The van der Waals surface area contributed by atoms with Gasteiger partial charge in [-0.1, -0.05) is 20.8 Å². The summed E-state index contributed by atoms with van der Waals surface area (Å²) in [4.78, 5) is 7.07. The van der Waals surface area contributed by atoms with E-state index in [4.69, 9.17) is 10.1 Å². The summed E-state index contributed by atoms with van der Waals surface area (Å²) in [6, 6.07) is 2.08. The molecule has 2 aromatic rings. The molecular formula is C16H25N5OS. The van der Waals surface area contributed by atoms with Gasteiger partial charge < -0.3 is 10.0 Å².